The van der Waals surface area contributed by atoms with Crippen molar-refractivity contribution in [2.24, 2.45) is 26.8 Å². The number of hydrogen-bond acceptors (Lipinski definition) is 12. The van der Waals surface area contributed by atoms with Crippen molar-refractivity contribution in [2.75, 3.05) is 16.3 Å². The summed E-state index contributed by atoms with van der Waals surface area (Å²) in [6.07, 6.45) is 41.5. The lowest BCUT2D eigenvalue weighted by molar-refractivity contribution is 0.409. The molecule has 0 saturated carbocycles. The van der Waals surface area contributed by atoms with E-state index >= 15 is 0 Å². The van der Waals surface area contributed by atoms with Crippen LogP contribution in [0.3, 0.4) is 0 Å². The third kappa shape index (κ3) is 7.98. The van der Waals surface area contributed by atoms with E-state index in [1.54, 1.807) is 0 Å². The highest BCUT2D eigenvalue weighted by atomic mass is 15.3. The number of aromatic nitrogens is 3. The van der Waals surface area contributed by atoms with Crippen LogP contribution in [0.5, 0.6) is 0 Å². The van der Waals surface area contributed by atoms with Crippen LogP contribution in [-0.4, -0.2) is 39.0 Å². The van der Waals surface area contributed by atoms with Gasteiger partial charge in [0.2, 0.25) is 0 Å². The van der Waals surface area contributed by atoms with Gasteiger partial charge in [0.1, 0.15) is 29.8 Å². The number of fused-ring (bicyclic) bond motifs is 4. The van der Waals surface area contributed by atoms with Crippen molar-refractivity contribution >= 4 is 28.9 Å². The number of nitrogens with zero attached hydrogens (tertiary/aromatic N) is 8. The molecule has 8 heterocycles. The van der Waals surface area contributed by atoms with Crippen molar-refractivity contribution in [3.05, 3.63) is 268 Å². The number of anilines is 2. The van der Waals surface area contributed by atoms with Gasteiger partial charge < -0.3 is 25.8 Å². The van der Waals surface area contributed by atoms with Crippen LogP contribution in [0.15, 0.2) is 255 Å². The molecule has 3 aromatic heterocycles. The minimum absolute atomic E-state index is 0.155. The van der Waals surface area contributed by atoms with E-state index in [0.717, 1.165) is 102 Å². The number of amidine groups is 3. The SMILES string of the molecule is C1=CC2=C(CC1)N(c1cccc(C3N=C(C4=CCNC=C4)NC(c4ccncc4)=N3)c1)C1=CC=C(C3=CC=C4C(C3)C3=C(CCC=C3)N4c3cccc(C4N=C(c5ccncc5)NC(c5ccncc5)N4)c3)CC12. The van der Waals surface area contributed by atoms with Gasteiger partial charge in [0.15, 0.2) is 6.17 Å². The Morgan fingerprint density at radius 3 is 1.74 bits per heavy atom. The molecule has 12 heteroatoms. The zero-order valence-electron chi connectivity index (χ0n) is 40.8. The molecule has 0 bridgehead atoms. The molecule has 5 aliphatic heterocycles. The first-order chi connectivity index (χ1) is 36.7. The Hall–Kier alpha value is -8.74. The van der Waals surface area contributed by atoms with Crippen LogP contribution in [-0.2, 0) is 0 Å². The van der Waals surface area contributed by atoms with E-state index in [1.165, 1.54) is 50.8 Å². The Morgan fingerprint density at radius 2 is 1.12 bits per heavy atom. The molecule has 0 radical (unpaired) electrons. The lowest BCUT2D eigenvalue weighted by Crippen LogP contribution is -2.45. The number of pyridine rings is 3. The Balaban J connectivity index is 0.773. The van der Waals surface area contributed by atoms with Crippen LogP contribution in [0.1, 0.15) is 84.8 Å². The summed E-state index contributed by atoms with van der Waals surface area (Å²) in [6, 6.07) is 30.0. The Labute approximate surface area is 431 Å². The van der Waals surface area contributed by atoms with Crippen LogP contribution in [0.2, 0.25) is 0 Å². The van der Waals surface area contributed by atoms with E-state index < -0.39 is 6.17 Å². The normalized spacial score (nSPS) is 24.6. The summed E-state index contributed by atoms with van der Waals surface area (Å²) < 4.78 is 0. The average molecular weight is 967 g/mol. The summed E-state index contributed by atoms with van der Waals surface area (Å²) >= 11 is 0. The smallest absolute Gasteiger partial charge is 0.169 e. The van der Waals surface area contributed by atoms with E-state index in [9.17, 15) is 0 Å². The van der Waals surface area contributed by atoms with Gasteiger partial charge in [-0.05, 0) is 157 Å². The van der Waals surface area contributed by atoms with Crippen molar-refractivity contribution in [2.45, 2.75) is 57.0 Å². The molecule has 12 nitrogen and oxygen atoms in total. The molecule has 4 N–H and O–H groups in total. The Bertz CT molecular complexity index is 3510. The minimum Gasteiger partial charge on any atom is -0.387 e. The van der Waals surface area contributed by atoms with E-state index in [-0.39, 0.29) is 24.2 Å². The molecule has 5 aromatic rings. The van der Waals surface area contributed by atoms with Crippen molar-refractivity contribution in [3.63, 3.8) is 0 Å². The third-order valence-corrected chi connectivity index (χ3v) is 15.6. The van der Waals surface area contributed by atoms with Crippen molar-refractivity contribution in [1.82, 2.24) is 36.2 Å². The van der Waals surface area contributed by atoms with Gasteiger partial charge >= 0.3 is 0 Å². The maximum Gasteiger partial charge on any atom is 0.169 e. The molecule has 4 aliphatic carbocycles. The first-order valence-electron chi connectivity index (χ1n) is 25.9. The van der Waals surface area contributed by atoms with Crippen LogP contribution in [0.4, 0.5) is 11.4 Å². The molecule has 14 rings (SSSR count). The van der Waals surface area contributed by atoms with E-state index in [4.69, 9.17) is 15.0 Å². The topological polar surface area (TPSA) is 130 Å². The molecule has 74 heavy (non-hydrogen) atoms. The second kappa shape index (κ2) is 18.7. The van der Waals surface area contributed by atoms with Crippen LogP contribution in [0.25, 0.3) is 0 Å². The quantitative estimate of drug-likeness (QED) is 0.114. The first-order valence-corrected chi connectivity index (χ1v) is 25.9. The van der Waals surface area contributed by atoms with Crippen molar-refractivity contribution in [3.8, 4) is 0 Å². The number of benzene rings is 2. The van der Waals surface area contributed by atoms with Gasteiger partial charge in [-0.1, -0.05) is 66.8 Å². The van der Waals surface area contributed by atoms with Gasteiger partial charge in [-0.15, -0.1) is 0 Å². The molecule has 362 valence electrons. The fourth-order valence-corrected chi connectivity index (χ4v) is 12.0. The molecule has 5 atom stereocenters. The number of dihydropyridines is 1. The second-order valence-corrected chi connectivity index (χ2v) is 19.9. The summed E-state index contributed by atoms with van der Waals surface area (Å²) in [5, 5.41) is 14.2. The largest absolute Gasteiger partial charge is 0.387 e. The number of allylic oxidation sites excluding steroid dienone is 14. The van der Waals surface area contributed by atoms with E-state index in [2.05, 4.69) is 155 Å². The first kappa shape index (κ1) is 44.0. The average Bonchev–Trinajstić information content (AvgIpc) is 4.00. The van der Waals surface area contributed by atoms with Crippen LogP contribution >= 0.6 is 0 Å². The van der Waals surface area contributed by atoms with E-state index in [1.807, 2.05) is 79.8 Å². The monoisotopic (exact) mass is 966 g/mol. The predicted octanol–water partition coefficient (Wildman–Crippen LogP) is 10.9. The molecule has 2 aromatic carbocycles. The van der Waals surface area contributed by atoms with Crippen LogP contribution in [0, 0.1) is 11.8 Å². The number of hydrogen-bond donors (Lipinski definition) is 4. The summed E-state index contributed by atoms with van der Waals surface area (Å²) in [5.41, 5.74) is 19.8. The molecular formula is C62H54N12. The molecule has 5 unspecified atom stereocenters. The number of rotatable bonds is 9. The standard InChI is InChI=1S/C62H54N12/c1-3-13-53-49(11-1)51-37-43(15-17-55(51)73(53)47-9-5-7-45(35-47)61-69-57(39-19-27-63-28-20-39)67-58(70-61)40-21-29-64-30-22-40)44-16-18-56-52(38-44)50-12-2-4-14-54(50)74(56)48-10-6-8-46(36-48)62-71-59(41-23-31-65-32-24-41)68-60(72-62)42-25-33-66-34-26-42/h1-2,5-12,15-33,35-36,51-52,57,61-62,66,69H,3-4,13-14,34,37-38H2,(H,67,70)(H,68,71,72). The predicted molar refractivity (Wildman–Crippen MR) is 293 cm³/mol. The molecule has 0 spiro atoms. The minimum atomic E-state index is -0.414. The maximum absolute atomic E-state index is 5.26. The van der Waals surface area contributed by atoms with Crippen molar-refractivity contribution in [1.29, 1.82) is 0 Å². The lowest BCUT2D eigenvalue weighted by atomic mass is 9.78. The maximum atomic E-state index is 5.26. The fourth-order valence-electron chi connectivity index (χ4n) is 12.0. The molecule has 0 amide bonds. The second-order valence-electron chi connectivity index (χ2n) is 19.9. The number of nitrogens with one attached hydrogen (secondary N) is 4. The molecular weight excluding hydrogens is 913 g/mol. The van der Waals surface area contributed by atoms with Gasteiger partial charge in [0.25, 0.3) is 0 Å². The summed E-state index contributed by atoms with van der Waals surface area (Å²) in [5.74, 6) is 2.97. The van der Waals surface area contributed by atoms with E-state index in [0.29, 0.717) is 0 Å². The van der Waals surface area contributed by atoms with Gasteiger partial charge in [-0.25, -0.2) is 15.0 Å². The highest BCUT2D eigenvalue weighted by molar-refractivity contribution is 6.16. The number of aliphatic imine (C=N–C) groups is 3. The fraction of sp³-hybridized carbons (Fsp3) is 0.194. The summed E-state index contributed by atoms with van der Waals surface area (Å²) in [6.45, 7) is 0.750. The zero-order chi connectivity index (χ0) is 49.0. The van der Waals surface area contributed by atoms with Crippen molar-refractivity contribution < 1.29 is 0 Å². The Morgan fingerprint density at radius 1 is 0.541 bits per heavy atom. The zero-order valence-corrected chi connectivity index (χ0v) is 40.8. The Kier molecular flexibility index (Phi) is 11.1. The van der Waals surface area contributed by atoms with Gasteiger partial charge in [-0.3, -0.25) is 20.3 Å². The third-order valence-electron chi connectivity index (χ3n) is 15.6. The molecule has 9 aliphatic rings. The molecule has 0 saturated heterocycles. The highest BCUT2D eigenvalue weighted by Crippen LogP contribution is 2.53. The van der Waals surface area contributed by atoms with Gasteiger partial charge in [0, 0.05) is 112 Å². The summed E-state index contributed by atoms with van der Waals surface area (Å²) in [4.78, 5) is 33.6. The lowest BCUT2D eigenvalue weighted by Gasteiger charge is -2.33. The molecule has 0 fully saturated rings. The van der Waals surface area contributed by atoms with Crippen LogP contribution < -0.4 is 31.1 Å². The van der Waals surface area contributed by atoms with Gasteiger partial charge in [0.05, 0.1) is 0 Å². The van der Waals surface area contributed by atoms with Gasteiger partial charge in [-0.2, -0.15) is 0 Å². The highest BCUT2D eigenvalue weighted by Gasteiger charge is 2.42. The summed E-state index contributed by atoms with van der Waals surface area (Å²) in [7, 11) is 0.